The molecule has 4 heterocycles. The molecule has 0 spiro atoms. The van der Waals surface area contributed by atoms with Crippen LogP contribution in [0.25, 0.3) is 0 Å². The molecule has 0 N–H and O–H groups in total. The molecule has 4 rings (SSSR count). The van der Waals surface area contributed by atoms with Crippen molar-refractivity contribution in [2.24, 2.45) is 18.4 Å². The van der Waals surface area contributed by atoms with Crippen molar-refractivity contribution in [1.82, 2.24) is 24.3 Å². The fourth-order valence-corrected chi connectivity index (χ4v) is 4.58. The Bertz CT molecular complexity index is 895. The normalized spacial score (nSPS) is 26.4. The van der Waals surface area contributed by atoms with E-state index in [4.69, 9.17) is 4.74 Å². The van der Waals surface area contributed by atoms with Gasteiger partial charge in [0.1, 0.15) is 5.82 Å². The number of fused-ring (bicyclic) bond motifs is 2. The van der Waals surface area contributed by atoms with E-state index in [1.807, 2.05) is 0 Å². The molecule has 2 atom stereocenters. The van der Waals surface area contributed by atoms with Crippen LogP contribution in [0.2, 0.25) is 0 Å². The lowest BCUT2D eigenvalue weighted by Crippen LogP contribution is -2.47. The largest absolute Gasteiger partial charge is 0.380 e. The number of carbonyl (C=O) groups excluding carboxylic acids is 2. The van der Waals surface area contributed by atoms with E-state index in [9.17, 15) is 14.4 Å². The molecule has 3 aliphatic heterocycles. The van der Waals surface area contributed by atoms with Gasteiger partial charge >= 0.3 is 0 Å². The molecule has 152 valence electrons. The van der Waals surface area contributed by atoms with E-state index in [1.165, 1.54) is 4.57 Å². The van der Waals surface area contributed by atoms with Crippen LogP contribution in [0.15, 0.2) is 4.79 Å². The number of amides is 2. The van der Waals surface area contributed by atoms with Gasteiger partial charge in [-0.05, 0) is 6.92 Å². The lowest BCUT2D eigenvalue weighted by molar-refractivity contribution is -0.144. The van der Waals surface area contributed by atoms with Crippen molar-refractivity contribution in [3.63, 3.8) is 0 Å². The number of ether oxygens (including phenoxy) is 1. The fourth-order valence-electron chi connectivity index (χ4n) is 4.58. The van der Waals surface area contributed by atoms with Crippen molar-refractivity contribution in [3.8, 4) is 0 Å². The van der Waals surface area contributed by atoms with E-state index < -0.39 is 5.41 Å². The highest BCUT2D eigenvalue weighted by molar-refractivity contribution is 5.85. The van der Waals surface area contributed by atoms with Crippen molar-refractivity contribution >= 4 is 11.8 Å². The average molecular weight is 389 g/mol. The molecule has 0 aromatic carbocycles. The van der Waals surface area contributed by atoms with Crippen molar-refractivity contribution in [2.45, 2.75) is 20.0 Å². The number of hydrogen-bond acceptors (Lipinski definition) is 6. The summed E-state index contributed by atoms with van der Waals surface area (Å²) in [6, 6.07) is 0. The molecule has 2 amide bonds. The summed E-state index contributed by atoms with van der Waals surface area (Å²) >= 11 is 0. The maximum atomic E-state index is 13.6. The quantitative estimate of drug-likeness (QED) is 0.657. The second-order valence-electron chi connectivity index (χ2n) is 8.44. The van der Waals surface area contributed by atoms with Crippen molar-refractivity contribution in [3.05, 3.63) is 27.4 Å². The van der Waals surface area contributed by atoms with Crippen LogP contribution in [0.4, 0.5) is 0 Å². The highest BCUT2D eigenvalue weighted by Crippen LogP contribution is 2.43. The van der Waals surface area contributed by atoms with Gasteiger partial charge in [-0.3, -0.25) is 23.9 Å². The Morgan fingerprint density at radius 3 is 2.79 bits per heavy atom. The SMILES string of the molecule is Cc1nc2c(c(=O)n1C)CN(C(=O)[C@]13COC[C@H]1CN(CC(=O)N(C)C)C3)C2. The van der Waals surface area contributed by atoms with Gasteiger partial charge < -0.3 is 14.5 Å². The Kier molecular flexibility index (Phi) is 4.54. The van der Waals surface area contributed by atoms with Gasteiger partial charge in [0.25, 0.3) is 5.56 Å². The van der Waals surface area contributed by atoms with Crippen LogP contribution in [0, 0.1) is 18.3 Å². The first-order chi connectivity index (χ1) is 13.2. The smallest absolute Gasteiger partial charge is 0.258 e. The van der Waals surface area contributed by atoms with E-state index >= 15 is 0 Å². The summed E-state index contributed by atoms with van der Waals surface area (Å²) in [5.41, 5.74) is 0.568. The number of hydrogen-bond donors (Lipinski definition) is 0. The second kappa shape index (κ2) is 6.66. The van der Waals surface area contributed by atoms with Crippen LogP contribution < -0.4 is 5.56 Å². The number of aryl methyl sites for hydroxylation is 1. The molecule has 2 saturated heterocycles. The van der Waals surface area contributed by atoms with Crippen LogP contribution in [0.5, 0.6) is 0 Å². The zero-order valence-electron chi connectivity index (χ0n) is 16.9. The zero-order valence-corrected chi connectivity index (χ0v) is 16.9. The van der Waals surface area contributed by atoms with E-state index in [2.05, 4.69) is 9.88 Å². The molecule has 9 heteroatoms. The highest BCUT2D eigenvalue weighted by atomic mass is 16.5. The summed E-state index contributed by atoms with van der Waals surface area (Å²) < 4.78 is 7.21. The minimum absolute atomic E-state index is 0.00695. The van der Waals surface area contributed by atoms with E-state index in [0.29, 0.717) is 63.0 Å². The third-order valence-corrected chi connectivity index (χ3v) is 6.40. The summed E-state index contributed by atoms with van der Waals surface area (Å²) in [5, 5.41) is 0. The van der Waals surface area contributed by atoms with Crippen LogP contribution in [-0.2, 0) is 34.5 Å². The van der Waals surface area contributed by atoms with Gasteiger partial charge in [-0.25, -0.2) is 4.98 Å². The summed E-state index contributed by atoms with van der Waals surface area (Å²) in [6.07, 6.45) is 0. The Hall–Kier alpha value is -2.26. The fraction of sp³-hybridized carbons (Fsp3) is 0.684. The maximum Gasteiger partial charge on any atom is 0.258 e. The molecule has 1 aromatic heterocycles. The molecule has 0 bridgehead atoms. The Labute approximate surface area is 163 Å². The lowest BCUT2D eigenvalue weighted by Gasteiger charge is -2.30. The average Bonchev–Trinajstić information content (AvgIpc) is 3.31. The molecule has 3 aliphatic rings. The van der Waals surface area contributed by atoms with Crippen molar-refractivity contribution in [2.75, 3.05) is 46.9 Å². The number of nitrogens with zero attached hydrogens (tertiary/aromatic N) is 5. The molecule has 0 unspecified atom stereocenters. The predicted octanol–water partition coefficient (Wildman–Crippen LogP) is -1.03. The van der Waals surface area contributed by atoms with Crippen molar-refractivity contribution < 1.29 is 14.3 Å². The molecule has 28 heavy (non-hydrogen) atoms. The molecule has 0 radical (unpaired) electrons. The number of aromatic nitrogens is 2. The molecular weight excluding hydrogens is 362 g/mol. The molecule has 9 nitrogen and oxygen atoms in total. The van der Waals surface area contributed by atoms with Crippen LogP contribution in [0.1, 0.15) is 17.1 Å². The zero-order chi connectivity index (χ0) is 20.2. The first kappa shape index (κ1) is 19.1. The predicted molar refractivity (Wildman–Crippen MR) is 100 cm³/mol. The van der Waals surface area contributed by atoms with Gasteiger partial charge in [-0.15, -0.1) is 0 Å². The lowest BCUT2D eigenvalue weighted by atomic mass is 9.79. The Morgan fingerprint density at radius 1 is 1.32 bits per heavy atom. The number of carbonyl (C=O) groups is 2. The minimum Gasteiger partial charge on any atom is -0.380 e. The minimum atomic E-state index is -0.644. The van der Waals surface area contributed by atoms with Gasteiger partial charge in [0.05, 0.1) is 49.5 Å². The highest BCUT2D eigenvalue weighted by Gasteiger charge is 2.57. The van der Waals surface area contributed by atoms with Gasteiger partial charge in [0.15, 0.2) is 0 Å². The first-order valence-electron chi connectivity index (χ1n) is 9.58. The standard InChI is InChI=1S/C19H27N5O4/c1-12-20-15-7-24(6-14(15)17(26)22(12)4)18(27)19-10-23(8-16(25)21(2)3)5-13(19)9-28-11-19/h13H,5-11H2,1-4H3/t13-,19-/m1/s1. The summed E-state index contributed by atoms with van der Waals surface area (Å²) in [4.78, 5) is 48.1. The molecule has 0 saturated carbocycles. The number of rotatable bonds is 3. The van der Waals surface area contributed by atoms with Crippen LogP contribution in [0.3, 0.4) is 0 Å². The summed E-state index contributed by atoms with van der Waals surface area (Å²) in [5.74, 6) is 0.747. The molecule has 2 fully saturated rings. The molecule has 0 aliphatic carbocycles. The van der Waals surface area contributed by atoms with E-state index in [1.54, 1.807) is 37.9 Å². The van der Waals surface area contributed by atoms with E-state index in [0.717, 1.165) is 0 Å². The first-order valence-corrected chi connectivity index (χ1v) is 9.58. The Morgan fingerprint density at radius 2 is 2.07 bits per heavy atom. The summed E-state index contributed by atoms with van der Waals surface area (Å²) in [6.45, 7) is 4.81. The van der Waals surface area contributed by atoms with Gasteiger partial charge in [-0.1, -0.05) is 0 Å². The van der Waals surface area contributed by atoms with Gasteiger partial charge in [0, 0.05) is 40.2 Å². The third-order valence-electron chi connectivity index (χ3n) is 6.40. The summed E-state index contributed by atoms with van der Waals surface area (Å²) in [7, 11) is 5.17. The second-order valence-corrected chi connectivity index (χ2v) is 8.44. The Balaban J connectivity index is 1.55. The van der Waals surface area contributed by atoms with Crippen molar-refractivity contribution in [1.29, 1.82) is 0 Å². The van der Waals surface area contributed by atoms with Gasteiger partial charge in [-0.2, -0.15) is 0 Å². The monoisotopic (exact) mass is 389 g/mol. The van der Waals surface area contributed by atoms with Crippen LogP contribution in [-0.4, -0.2) is 83.0 Å². The molecule has 1 aromatic rings. The number of likely N-dealkylation sites (tertiary alicyclic amines) is 1. The van der Waals surface area contributed by atoms with E-state index in [-0.39, 0.29) is 23.3 Å². The maximum absolute atomic E-state index is 13.6. The molecular formula is C19H27N5O4. The third kappa shape index (κ3) is 2.84. The topological polar surface area (TPSA) is 88.0 Å². The van der Waals surface area contributed by atoms with Crippen LogP contribution >= 0.6 is 0 Å². The van der Waals surface area contributed by atoms with Gasteiger partial charge in [0.2, 0.25) is 11.8 Å². The number of likely N-dealkylation sites (N-methyl/N-ethyl adjacent to an activating group) is 1.